The molecule has 1 aliphatic rings. The summed E-state index contributed by atoms with van der Waals surface area (Å²) in [4.78, 5) is 3.56. The molecule has 0 aromatic heterocycles. The first-order chi connectivity index (χ1) is 14.0. The molecule has 1 N–H and O–H groups in total. The SMILES string of the molecule is CNC[C@@H](CCN1CCC(c2ccccc2[S@](C)=O)CC1)c1ccc(Cl)c(Cl)c1. The Balaban J connectivity index is 1.57. The van der Waals surface area contributed by atoms with Gasteiger partial charge in [0.05, 0.1) is 20.8 Å². The first-order valence-corrected chi connectivity index (χ1v) is 12.5. The van der Waals surface area contributed by atoms with E-state index in [1.807, 2.05) is 31.3 Å². The number of rotatable bonds is 8. The number of nitrogens with one attached hydrogen (secondary N) is 1. The number of halogens is 2. The van der Waals surface area contributed by atoms with E-state index in [0.29, 0.717) is 21.9 Å². The third-order valence-electron chi connectivity index (χ3n) is 5.92. The number of likely N-dealkylation sites (N-methyl/N-ethyl adjacent to an activating group) is 1. The summed E-state index contributed by atoms with van der Waals surface area (Å²) in [7, 11) is 1.06. The van der Waals surface area contributed by atoms with Crippen LogP contribution in [0.4, 0.5) is 0 Å². The van der Waals surface area contributed by atoms with Crippen LogP contribution in [0.1, 0.15) is 42.2 Å². The summed E-state index contributed by atoms with van der Waals surface area (Å²) in [5.74, 6) is 0.922. The second-order valence-electron chi connectivity index (χ2n) is 7.82. The predicted octanol–water partition coefficient (Wildman–Crippen LogP) is 5.30. The number of hydrogen-bond donors (Lipinski definition) is 1. The maximum absolute atomic E-state index is 12.1. The summed E-state index contributed by atoms with van der Waals surface area (Å²) < 4.78 is 12.1. The largest absolute Gasteiger partial charge is 0.319 e. The van der Waals surface area contributed by atoms with Crippen molar-refractivity contribution in [1.29, 1.82) is 0 Å². The lowest BCUT2D eigenvalue weighted by atomic mass is 9.89. The molecule has 0 radical (unpaired) electrons. The third kappa shape index (κ3) is 6.05. The van der Waals surface area contributed by atoms with Gasteiger partial charge in [-0.1, -0.05) is 47.5 Å². The Morgan fingerprint density at radius 1 is 1.14 bits per heavy atom. The molecule has 1 fully saturated rings. The van der Waals surface area contributed by atoms with Gasteiger partial charge in [0.15, 0.2) is 0 Å². The van der Waals surface area contributed by atoms with Crippen LogP contribution in [0, 0.1) is 0 Å². The molecule has 0 spiro atoms. The van der Waals surface area contributed by atoms with Crippen LogP contribution in [-0.4, -0.2) is 48.6 Å². The second-order valence-corrected chi connectivity index (χ2v) is 9.99. The van der Waals surface area contributed by atoms with Crippen molar-refractivity contribution in [3.8, 4) is 0 Å². The van der Waals surface area contributed by atoms with Crippen LogP contribution in [0.3, 0.4) is 0 Å². The minimum absolute atomic E-state index is 0.413. The van der Waals surface area contributed by atoms with E-state index >= 15 is 0 Å². The monoisotopic (exact) mass is 452 g/mol. The minimum Gasteiger partial charge on any atom is -0.319 e. The Kier molecular flexibility index (Phi) is 8.57. The fraction of sp³-hybridized carbons (Fsp3) is 0.478. The summed E-state index contributed by atoms with van der Waals surface area (Å²) in [6, 6.07) is 14.2. The topological polar surface area (TPSA) is 32.3 Å². The highest BCUT2D eigenvalue weighted by Gasteiger charge is 2.24. The summed E-state index contributed by atoms with van der Waals surface area (Å²) in [5.41, 5.74) is 2.51. The molecular weight excluding hydrogens is 423 g/mol. The molecular formula is C23H30Cl2N2OS. The third-order valence-corrected chi connectivity index (χ3v) is 7.65. The van der Waals surface area contributed by atoms with Crippen LogP contribution < -0.4 is 5.32 Å². The first-order valence-electron chi connectivity index (χ1n) is 10.2. The van der Waals surface area contributed by atoms with Crippen molar-refractivity contribution in [3.05, 3.63) is 63.6 Å². The van der Waals surface area contributed by atoms with Crippen LogP contribution in [-0.2, 0) is 10.8 Å². The molecule has 2 aromatic carbocycles. The fourth-order valence-corrected chi connectivity index (χ4v) is 5.43. The van der Waals surface area contributed by atoms with Crippen molar-refractivity contribution in [3.63, 3.8) is 0 Å². The molecule has 6 heteroatoms. The Morgan fingerprint density at radius 2 is 1.86 bits per heavy atom. The number of nitrogens with zero attached hydrogens (tertiary/aromatic N) is 1. The molecule has 0 aliphatic carbocycles. The lowest BCUT2D eigenvalue weighted by Crippen LogP contribution is -2.35. The standard InChI is InChI=1S/C23H30Cl2N2OS/c1-26-16-19(18-7-8-21(24)22(25)15-18)11-14-27-12-9-17(10-13-27)20-5-3-4-6-23(20)29(2)28/h3-8,15,17,19,26H,9-14,16H2,1-2H3/t19-,29+/m1/s1. The zero-order chi connectivity index (χ0) is 20.8. The Hall–Kier alpha value is -0.910. The number of hydrogen-bond acceptors (Lipinski definition) is 3. The van der Waals surface area contributed by atoms with Crippen LogP contribution in [0.15, 0.2) is 47.4 Å². The van der Waals surface area contributed by atoms with Crippen LogP contribution in [0.5, 0.6) is 0 Å². The average molecular weight is 453 g/mol. The smallest absolute Gasteiger partial charge is 0.0595 e. The van der Waals surface area contributed by atoms with Crippen LogP contribution in [0.2, 0.25) is 10.0 Å². The molecule has 3 rings (SSSR count). The van der Waals surface area contributed by atoms with E-state index in [4.69, 9.17) is 23.2 Å². The Labute approximate surface area is 187 Å². The van der Waals surface area contributed by atoms with Gasteiger partial charge in [0.1, 0.15) is 0 Å². The highest BCUT2D eigenvalue weighted by Crippen LogP contribution is 2.33. The van der Waals surface area contributed by atoms with Crippen LogP contribution in [0.25, 0.3) is 0 Å². The predicted molar refractivity (Wildman–Crippen MR) is 125 cm³/mol. The molecule has 0 bridgehead atoms. The molecule has 0 amide bonds. The van der Waals surface area contributed by atoms with E-state index in [1.54, 1.807) is 6.26 Å². The molecule has 1 heterocycles. The van der Waals surface area contributed by atoms with Gasteiger partial charge >= 0.3 is 0 Å². The molecule has 3 nitrogen and oxygen atoms in total. The number of piperidine rings is 1. The second kappa shape index (κ2) is 10.9. The molecule has 1 saturated heterocycles. The first kappa shape index (κ1) is 22.8. The van der Waals surface area contributed by atoms with E-state index in [-0.39, 0.29) is 0 Å². The molecule has 1 aliphatic heterocycles. The highest BCUT2D eigenvalue weighted by molar-refractivity contribution is 7.84. The van der Waals surface area contributed by atoms with Crippen molar-refractivity contribution in [2.75, 3.05) is 39.5 Å². The number of likely N-dealkylation sites (tertiary alicyclic amines) is 1. The summed E-state index contributed by atoms with van der Waals surface area (Å²) in [5, 5.41) is 4.54. The average Bonchev–Trinajstić information content (AvgIpc) is 2.73. The van der Waals surface area contributed by atoms with Crippen molar-refractivity contribution < 1.29 is 4.21 Å². The van der Waals surface area contributed by atoms with Gasteiger partial charge in [0.25, 0.3) is 0 Å². The van der Waals surface area contributed by atoms with Gasteiger partial charge in [0, 0.05) is 17.7 Å². The van der Waals surface area contributed by atoms with E-state index in [2.05, 4.69) is 28.4 Å². The lowest BCUT2D eigenvalue weighted by molar-refractivity contribution is 0.204. The zero-order valence-corrected chi connectivity index (χ0v) is 19.5. The van der Waals surface area contributed by atoms with Crippen LogP contribution >= 0.6 is 23.2 Å². The molecule has 0 unspecified atom stereocenters. The van der Waals surface area contributed by atoms with Gasteiger partial charge < -0.3 is 10.2 Å². The van der Waals surface area contributed by atoms with E-state index in [0.717, 1.165) is 50.3 Å². The number of benzene rings is 2. The lowest BCUT2D eigenvalue weighted by Gasteiger charge is -2.33. The quantitative estimate of drug-likeness (QED) is 0.589. The van der Waals surface area contributed by atoms with E-state index in [1.165, 1.54) is 11.1 Å². The maximum atomic E-state index is 12.1. The highest BCUT2D eigenvalue weighted by atomic mass is 35.5. The molecule has 29 heavy (non-hydrogen) atoms. The van der Waals surface area contributed by atoms with E-state index in [9.17, 15) is 4.21 Å². The molecule has 2 aromatic rings. The molecule has 0 saturated carbocycles. The Bertz CT molecular complexity index is 837. The Morgan fingerprint density at radius 3 is 2.52 bits per heavy atom. The summed E-state index contributed by atoms with van der Waals surface area (Å²) in [6.07, 6.45) is 5.10. The molecule has 158 valence electrons. The van der Waals surface area contributed by atoms with Gasteiger partial charge in [-0.25, -0.2) is 0 Å². The maximum Gasteiger partial charge on any atom is 0.0595 e. The van der Waals surface area contributed by atoms with Crippen molar-refractivity contribution in [2.24, 2.45) is 0 Å². The van der Waals surface area contributed by atoms with Crippen molar-refractivity contribution in [1.82, 2.24) is 10.2 Å². The molecule has 2 atom stereocenters. The van der Waals surface area contributed by atoms with Crippen molar-refractivity contribution >= 4 is 34.0 Å². The minimum atomic E-state index is -0.929. The zero-order valence-electron chi connectivity index (χ0n) is 17.2. The van der Waals surface area contributed by atoms with Gasteiger partial charge in [-0.3, -0.25) is 4.21 Å². The van der Waals surface area contributed by atoms with Crippen molar-refractivity contribution in [2.45, 2.75) is 36.0 Å². The summed E-state index contributed by atoms with van der Waals surface area (Å²) in [6.45, 7) is 4.16. The van der Waals surface area contributed by atoms with E-state index < -0.39 is 10.8 Å². The van der Waals surface area contributed by atoms with Gasteiger partial charge in [-0.05, 0) is 87.1 Å². The fourth-order valence-electron chi connectivity index (χ4n) is 4.28. The van der Waals surface area contributed by atoms with Gasteiger partial charge in [0.2, 0.25) is 0 Å². The summed E-state index contributed by atoms with van der Waals surface area (Å²) >= 11 is 12.3. The van der Waals surface area contributed by atoms with Gasteiger partial charge in [-0.2, -0.15) is 0 Å². The normalized spacial score (nSPS) is 17.9. The van der Waals surface area contributed by atoms with Gasteiger partial charge in [-0.15, -0.1) is 0 Å².